The Morgan fingerprint density at radius 3 is 2.40 bits per heavy atom. The van der Waals surface area contributed by atoms with Gasteiger partial charge in [-0.3, -0.25) is 0 Å². The van der Waals surface area contributed by atoms with Crippen molar-refractivity contribution in [1.82, 2.24) is 9.29 Å². The number of hydrogen-bond donors (Lipinski definition) is 1. The zero-order valence-corrected chi connectivity index (χ0v) is 19.1. The summed E-state index contributed by atoms with van der Waals surface area (Å²) in [5.74, 6) is 0. The standard InChI is InChI=1S/C23H29N3O2S2/c1-2-18-9-12-21-22(17-18)29-23(25-21)24-14-13-19-7-10-20(11-8-19)30(27,28)26-15-5-3-4-6-16-26/h7-12,17H,2-6,13-16H2,1H3,(H,24,25). The van der Waals surface area contributed by atoms with Gasteiger partial charge in [-0.2, -0.15) is 4.31 Å². The van der Waals surface area contributed by atoms with E-state index in [1.807, 2.05) is 12.1 Å². The van der Waals surface area contributed by atoms with Crippen molar-refractivity contribution >= 4 is 36.7 Å². The van der Waals surface area contributed by atoms with E-state index < -0.39 is 10.0 Å². The van der Waals surface area contributed by atoms with Crippen LogP contribution in [0, 0.1) is 0 Å². The highest BCUT2D eigenvalue weighted by Gasteiger charge is 2.24. The summed E-state index contributed by atoms with van der Waals surface area (Å²) in [6.45, 7) is 4.19. The number of fused-ring (bicyclic) bond motifs is 1. The summed E-state index contributed by atoms with van der Waals surface area (Å²) in [7, 11) is -3.38. The van der Waals surface area contributed by atoms with Gasteiger partial charge in [0.05, 0.1) is 15.1 Å². The third-order valence-electron chi connectivity index (χ3n) is 5.68. The number of aromatic nitrogens is 1. The van der Waals surface area contributed by atoms with Crippen LogP contribution in [0.25, 0.3) is 10.2 Å². The second kappa shape index (κ2) is 9.45. The third-order valence-corrected chi connectivity index (χ3v) is 8.57. The van der Waals surface area contributed by atoms with Crippen molar-refractivity contribution < 1.29 is 8.42 Å². The van der Waals surface area contributed by atoms with Crippen molar-refractivity contribution in [2.75, 3.05) is 25.0 Å². The fraction of sp³-hybridized carbons (Fsp3) is 0.435. The molecule has 0 atom stereocenters. The lowest BCUT2D eigenvalue weighted by Gasteiger charge is -2.20. The minimum atomic E-state index is -3.38. The first-order valence-electron chi connectivity index (χ1n) is 10.8. The number of rotatable bonds is 7. The van der Waals surface area contributed by atoms with Crippen LogP contribution in [0.1, 0.15) is 43.7 Å². The van der Waals surface area contributed by atoms with Gasteiger partial charge in [-0.15, -0.1) is 0 Å². The van der Waals surface area contributed by atoms with E-state index in [9.17, 15) is 8.42 Å². The lowest BCUT2D eigenvalue weighted by atomic mass is 10.1. The molecule has 0 unspecified atom stereocenters. The molecule has 0 aliphatic carbocycles. The van der Waals surface area contributed by atoms with E-state index in [1.165, 1.54) is 10.3 Å². The molecule has 0 saturated carbocycles. The van der Waals surface area contributed by atoms with E-state index in [4.69, 9.17) is 0 Å². The molecule has 30 heavy (non-hydrogen) atoms. The summed E-state index contributed by atoms with van der Waals surface area (Å²) in [6.07, 6.45) is 5.99. The molecule has 7 heteroatoms. The highest BCUT2D eigenvalue weighted by Crippen LogP contribution is 2.27. The molecule has 2 heterocycles. The first-order valence-corrected chi connectivity index (χ1v) is 13.0. The lowest BCUT2D eigenvalue weighted by Crippen LogP contribution is -2.31. The first kappa shape index (κ1) is 21.3. The second-order valence-electron chi connectivity index (χ2n) is 7.81. The van der Waals surface area contributed by atoms with E-state index in [2.05, 4.69) is 35.4 Å². The number of anilines is 1. The highest BCUT2D eigenvalue weighted by molar-refractivity contribution is 7.89. The number of benzene rings is 2. The number of sulfonamides is 1. The predicted molar refractivity (Wildman–Crippen MR) is 125 cm³/mol. The molecule has 160 valence electrons. The minimum absolute atomic E-state index is 0.402. The van der Waals surface area contributed by atoms with Gasteiger partial charge in [-0.05, 0) is 61.1 Å². The maximum atomic E-state index is 12.9. The van der Waals surface area contributed by atoms with E-state index in [-0.39, 0.29) is 0 Å². The van der Waals surface area contributed by atoms with Crippen molar-refractivity contribution in [3.63, 3.8) is 0 Å². The number of nitrogens with zero attached hydrogens (tertiary/aromatic N) is 2. The normalized spacial score (nSPS) is 15.9. The van der Waals surface area contributed by atoms with Crippen LogP contribution in [-0.4, -0.2) is 37.3 Å². The topological polar surface area (TPSA) is 62.3 Å². The van der Waals surface area contributed by atoms with Crippen molar-refractivity contribution in [1.29, 1.82) is 0 Å². The Balaban J connectivity index is 1.35. The number of hydrogen-bond acceptors (Lipinski definition) is 5. The number of thiazole rings is 1. The number of nitrogens with one attached hydrogen (secondary N) is 1. The smallest absolute Gasteiger partial charge is 0.243 e. The van der Waals surface area contributed by atoms with Crippen LogP contribution >= 0.6 is 11.3 Å². The molecular weight excluding hydrogens is 414 g/mol. The molecule has 1 aliphatic heterocycles. The van der Waals surface area contributed by atoms with Crippen molar-refractivity contribution in [2.45, 2.75) is 50.3 Å². The van der Waals surface area contributed by atoms with Gasteiger partial charge < -0.3 is 5.32 Å². The van der Waals surface area contributed by atoms with Crippen LogP contribution in [0.15, 0.2) is 47.4 Å². The van der Waals surface area contributed by atoms with Crippen LogP contribution in [0.3, 0.4) is 0 Å². The molecular formula is C23H29N3O2S2. The first-order chi connectivity index (χ1) is 14.6. The molecule has 1 N–H and O–H groups in total. The Bertz CT molecular complexity index is 1080. The Morgan fingerprint density at radius 2 is 1.70 bits per heavy atom. The minimum Gasteiger partial charge on any atom is -0.361 e. The Labute approximate surface area is 183 Å². The molecule has 4 rings (SSSR count). The largest absolute Gasteiger partial charge is 0.361 e. The Hall–Kier alpha value is -1.96. The van der Waals surface area contributed by atoms with Crippen LogP contribution in [0.5, 0.6) is 0 Å². The second-order valence-corrected chi connectivity index (χ2v) is 10.8. The average molecular weight is 444 g/mol. The van der Waals surface area contributed by atoms with Crippen LogP contribution in [0.2, 0.25) is 0 Å². The van der Waals surface area contributed by atoms with Gasteiger partial charge in [0.2, 0.25) is 10.0 Å². The summed E-state index contributed by atoms with van der Waals surface area (Å²) < 4.78 is 28.6. The highest BCUT2D eigenvalue weighted by atomic mass is 32.2. The molecule has 0 spiro atoms. The van der Waals surface area contributed by atoms with E-state index in [0.717, 1.165) is 61.3 Å². The molecule has 5 nitrogen and oxygen atoms in total. The Kier molecular flexibility index (Phi) is 6.71. The molecule has 0 bridgehead atoms. The van der Waals surface area contributed by atoms with Gasteiger partial charge in [0.25, 0.3) is 0 Å². The number of aryl methyl sites for hydroxylation is 1. The molecule has 0 amide bonds. The summed E-state index contributed by atoms with van der Waals surface area (Å²) in [6, 6.07) is 13.8. The fourth-order valence-corrected chi connectivity index (χ4v) is 6.31. The third kappa shape index (κ3) is 4.85. The SMILES string of the molecule is CCc1ccc2nc(NCCc3ccc(S(=O)(=O)N4CCCCCC4)cc3)sc2c1. The lowest BCUT2D eigenvalue weighted by molar-refractivity contribution is 0.423. The van der Waals surface area contributed by atoms with E-state index >= 15 is 0 Å². The van der Waals surface area contributed by atoms with Crippen LogP contribution in [0.4, 0.5) is 5.13 Å². The maximum absolute atomic E-state index is 12.9. The quantitative estimate of drug-likeness (QED) is 0.553. The molecule has 1 fully saturated rings. The zero-order chi connectivity index (χ0) is 21.0. The van der Waals surface area contributed by atoms with Gasteiger partial charge in [-0.1, -0.05) is 49.3 Å². The summed E-state index contributed by atoms with van der Waals surface area (Å²) in [4.78, 5) is 5.05. The van der Waals surface area contributed by atoms with Crippen LogP contribution in [-0.2, 0) is 22.9 Å². The van der Waals surface area contributed by atoms with Gasteiger partial charge in [-0.25, -0.2) is 13.4 Å². The maximum Gasteiger partial charge on any atom is 0.243 e. The van der Waals surface area contributed by atoms with Crippen molar-refractivity contribution in [3.8, 4) is 0 Å². The molecule has 1 saturated heterocycles. The Morgan fingerprint density at radius 1 is 1.00 bits per heavy atom. The van der Waals surface area contributed by atoms with Gasteiger partial charge in [0, 0.05) is 19.6 Å². The predicted octanol–water partition coefficient (Wildman–Crippen LogP) is 5.08. The van der Waals surface area contributed by atoms with Gasteiger partial charge >= 0.3 is 0 Å². The monoisotopic (exact) mass is 443 g/mol. The summed E-state index contributed by atoms with van der Waals surface area (Å²) >= 11 is 1.68. The summed E-state index contributed by atoms with van der Waals surface area (Å²) in [5.41, 5.74) is 3.47. The molecule has 1 aliphatic rings. The molecule has 3 aromatic rings. The zero-order valence-electron chi connectivity index (χ0n) is 17.4. The summed E-state index contributed by atoms with van der Waals surface area (Å²) in [5, 5.41) is 4.33. The van der Waals surface area contributed by atoms with Crippen molar-refractivity contribution in [3.05, 3.63) is 53.6 Å². The fourth-order valence-electron chi connectivity index (χ4n) is 3.84. The molecule has 0 radical (unpaired) electrons. The van der Waals surface area contributed by atoms with E-state index in [0.29, 0.717) is 18.0 Å². The van der Waals surface area contributed by atoms with Gasteiger partial charge in [0.1, 0.15) is 0 Å². The van der Waals surface area contributed by atoms with E-state index in [1.54, 1.807) is 27.8 Å². The molecule has 2 aromatic carbocycles. The van der Waals surface area contributed by atoms with Crippen molar-refractivity contribution in [2.24, 2.45) is 0 Å². The molecule has 1 aromatic heterocycles. The van der Waals surface area contributed by atoms with Gasteiger partial charge in [0.15, 0.2) is 5.13 Å². The average Bonchev–Trinajstić information content (AvgIpc) is 2.96. The van der Waals surface area contributed by atoms with Crippen LogP contribution < -0.4 is 5.32 Å².